The van der Waals surface area contributed by atoms with Crippen LogP contribution in [-0.4, -0.2) is 34.1 Å². The Balaban J connectivity index is 0. The lowest BCUT2D eigenvalue weighted by molar-refractivity contribution is -0.00271. The van der Waals surface area contributed by atoms with Crippen molar-refractivity contribution in [3.05, 3.63) is 29.8 Å². The van der Waals surface area contributed by atoms with Crippen molar-refractivity contribution < 1.29 is 9.47 Å². The lowest BCUT2D eigenvalue weighted by Gasteiger charge is -2.27. The molecule has 0 aromatic heterocycles. The summed E-state index contributed by atoms with van der Waals surface area (Å²) in [4.78, 5) is 2.33. The number of nitrogens with zero attached hydrogens (tertiary/aromatic N) is 1. The molecule has 1 rings (SSSR count). The first-order valence-electron chi connectivity index (χ1n) is 6.75. The predicted octanol–water partition coefficient (Wildman–Crippen LogP) is 4.53. The minimum Gasteiger partial charge on any atom is -0.372 e. The average Bonchev–Trinajstić information content (AvgIpc) is 2.39. The van der Waals surface area contributed by atoms with Gasteiger partial charge >= 0.3 is 0 Å². The van der Waals surface area contributed by atoms with Crippen molar-refractivity contribution in [2.75, 3.05) is 33.0 Å². The summed E-state index contributed by atoms with van der Waals surface area (Å²) in [6.45, 7) is 9.31. The van der Waals surface area contributed by atoms with E-state index < -0.39 is 0 Å². The topological polar surface area (TPSA) is 21.7 Å². The second-order valence-electron chi connectivity index (χ2n) is 5.11. The van der Waals surface area contributed by atoms with Gasteiger partial charge in [-0.25, -0.2) is 0 Å². The van der Waals surface area contributed by atoms with Gasteiger partial charge in [-0.1, -0.05) is 39.5 Å². The molecule has 1 aromatic carbocycles. The summed E-state index contributed by atoms with van der Waals surface area (Å²) in [5.74, 6) is 0.590. The van der Waals surface area contributed by atoms with E-state index in [9.17, 15) is 0 Å². The summed E-state index contributed by atoms with van der Waals surface area (Å²) in [5, 5.41) is 0. The summed E-state index contributed by atoms with van der Waals surface area (Å²) >= 11 is 0. The Morgan fingerprint density at radius 1 is 1.00 bits per heavy atom. The molecule has 0 fully saturated rings. The molecule has 3 heteroatoms. The van der Waals surface area contributed by atoms with Crippen LogP contribution in [0.25, 0.3) is 0 Å². The summed E-state index contributed by atoms with van der Waals surface area (Å²) < 4.78 is 8.94. The summed E-state index contributed by atoms with van der Waals surface area (Å²) in [7, 11) is 5.33. The van der Waals surface area contributed by atoms with Crippen molar-refractivity contribution in [1.82, 2.24) is 0 Å². The molecule has 20 heavy (non-hydrogen) atoms. The minimum absolute atomic E-state index is 0. The smallest absolute Gasteiger partial charge is 0.145 e. The second kappa shape index (κ2) is 11.7. The van der Waals surface area contributed by atoms with Crippen molar-refractivity contribution in [3.8, 4) is 0 Å². The molecule has 118 valence electrons. The van der Waals surface area contributed by atoms with E-state index in [1.165, 1.54) is 11.3 Å². The highest BCUT2D eigenvalue weighted by atomic mass is 16.6. The summed E-state index contributed by atoms with van der Waals surface area (Å²) in [5.41, 5.74) is 2.79. The van der Waals surface area contributed by atoms with Crippen molar-refractivity contribution in [1.29, 1.82) is 0 Å². The van der Waals surface area contributed by atoms with Crippen LogP contribution in [0.5, 0.6) is 0 Å². The standard InChI is InChI=1S/C13H21N.C3H8O2.CH4/c1-10(2)12-8-6-7-9-13(12)14(5)11(3)4;1-4-3-5-2;/h6-11H,1-5H3;3H2,1-2H3;1H4. The molecule has 0 spiro atoms. The number of methoxy groups -OCH3 is 2. The zero-order chi connectivity index (χ0) is 14.8. The molecule has 0 atom stereocenters. The van der Waals surface area contributed by atoms with Gasteiger partial charge in [-0.15, -0.1) is 0 Å². The van der Waals surface area contributed by atoms with Crippen LogP contribution in [0.2, 0.25) is 0 Å². The van der Waals surface area contributed by atoms with E-state index in [1.807, 2.05) is 0 Å². The number of para-hydroxylation sites is 1. The molecule has 1 aromatic rings. The number of benzene rings is 1. The number of anilines is 1. The first-order chi connectivity index (χ1) is 8.95. The Morgan fingerprint density at radius 3 is 1.85 bits per heavy atom. The fourth-order valence-corrected chi connectivity index (χ4v) is 1.69. The molecule has 3 nitrogen and oxygen atoms in total. The zero-order valence-corrected chi connectivity index (χ0v) is 13.4. The molecular weight excluding hydrogens is 250 g/mol. The Hall–Kier alpha value is -1.06. The molecular formula is C17H33NO2. The van der Waals surface area contributed by atoms with Crippen LogP contribution in [0.4, 0.5) is 5.69 Å². The molecule has 0 unspecified atom stereocenters. The van der Waals surface area contributed by atoms with Crippen LogP contribution in [0, 0.1) is 0 Å². The van der Waals surface area contributed by atoms with Gasteiger partial charge in [0.05, 0.1) is 0 Å². The maximum Gasteiger partial charge on any atom is 0.145 e. The van der Waals surface area contributed by atoms with Crippen LogP contribution in [0.3, 0.4) is 0 Å². The third kappa shape index (κ3) is 7.51. The maximum atomic E-state index is 4.47. The largest absolute Gasteiger partial charge is 0.372 e. The molecule has 0 aliphatic rings. The third-order valence-electron chi connectivity index (χ3n) is 2.95. The van der Waals surface area contributed by atoms with Gasteiger partial charge in [0.1, 0.15) is 6.79 Å². The number of hydrogen-bond acceptors (Lipinski definition) is 3. The van der Waals surface area contributed by atoms with Crippen molar-refractivity contribution in [2.24, 2.45) is 0 Å². The Morgan fingerprint density at radius 2 is 1.50 bits per heavy atom. The lowest BCUT2D eigenvalue weighted by atomic mass is 10.0. The Kier molecular flexibility index (Phi) is 12.5. The highest BCUT2D eigenvalue weighted by molar-refractivity contribution is 5.54. The van der Waals surface area contributed by atoms with Gasteiger partial charge in [-0.05, 0) is 31.4 Å². The number of hydrogen-bond donors (Lipinski definition) is 0. The molecule has 0 N–H and O–H groups in total. The molecule has 0 bridgehead atoms. The third-order valence-corrected chi connectivity index (χ3v) is 2.95. The van der Waals surface area contributed by atoms with E-state index in [2.05, 4.69) is 73.4 Å². The highest BCUT2D eigenvalue weighted by Gasteiger charge is 2.11. The molecule has 0 radical (unpaired) electrons. The van der Waals surface area contributed by atoms with Crippen molar-refractivity contribution >= 4 is 5.69 Å². The molecule has 0 amide bonds. The van der Waals surface area contributed by atoms with Gasteiger partial charge in [0.25, 0.3) is 0 Å². The van der Waals surface area contributed by atoms with Crippen LogP contribution < -0.4 is 4.90 Å². The Labute approximate surface area is 125 Å². The summed E-state index contributed by atoms with van der Waals surface area (Å²) in [6, 6.07) is 9.20. The highest BCUT2D eigenvalue weighted by Crippen LogP contribution is 2.27. The molecule has 0 saturated heterocycles. The summed E-state index contributed by atoms with van der Waals surface area (Å²) in [6.07, 6.45) is 0. The quantitative estimate of drug-likeness (QED) is 0.741. The van der Waals surface area contributed by atoms with Crippen LogP contribution in [0.1, 0.15) is 46.6 Å². The average molecular weight is 283 g/mol. The molecule has 0 aliphatic heterocycles. The lowest BCUT2D eigenvalue weighted by Crippen LogP contribution is -2.26. The van der Waals surface area contributed by atoms with Crippen LogP contribution in [0.15, 0.2) is 24.3 Å². The van der Waals surface area contributed by atoms with E-state index in [-0.39, 0.29) is 7.43 Å². The first kappa shape index (κ1) is 21.2. The zero-order valence-electron chi connectivity index (χ0n) is 13.4. The van der Waals surface area contributed by atoms with Gasteiger partial charge in [0.2, 0.25) is 0 Å². The second-order valence-corrected chi connectivity index (χ2v) is 5.11. The monoisotopic (exact) mass is 283 g/mol. The number of rotatable bonds is 5. The van der Waals surface area contributed by atoms with Gasteiger partial charge in [-0.3, -0.25) is 0 Å². The number of ether oxygens (including phenoxy) is 2. The van der Waals surface area contributed by atoms with Gasteiger partial charge < -0.3 is 14.4 Å². The van der Waals surface area contributed by atoms with E-state index in [0.717, 1.165) is 0 Å². The Bertz CT molecular complexity index is 336. The fourth-order valence-electron chi connectivity index (χ4n) is 1.69. The fraction of sp³-hybridized carbons (Fsp3) is 0.647. The van der Waals surface area contributed by atoms with E-state index in [0.29, 0.717) is 18.8 Å². The minimum atomic E-state index is 0. The van der Waals surface area contributed by atoms with E-state index >= 15 is 0 Å². The first-order valence-corrected chi connectivity index (χ1v) is 6.75. The van der Waals surface area contributed by atoms with Gasteiger partial charge in [0.15, 0.2) is 0 Å². The molecule has 0 heterocycles. The van der Waals surface area contributed by atoms with Crippen LogP contribution in [-0.2, 0) is 9.47 Å². The molecule has 0 aliphatic carbocycles. The van der Waals surface area contributed by atoms with Crippen LogP contribution >= 0.6 is 0 Å². The normalized spacial score (nSPS) is 9.85. The van der Waals surface area contributed by atoms with Gasteiger partial charge in [0, 0.05) is 33.0 Å². The van der Waals surface area contributed by atoms with Crippen molar-refractivity contribution in [2.45, 2.75) is 47.1 Å². The van der Waals surface area contributed by atoms with Gasteiger partial charge in [-0.2, -0.15) is 0 Å². The SMILES string of the molecule is C.CC(C)c1ccccc1N(C)C(C)C.COCOC. The van der Waals surface area contributed by atoms with Crippen molar-refractivity contribution in [3.63, 3.8) is 0 Å². The maximum absolute atomic E-state index is 4.47. The van der Waals surface area contributed by atoms with E-state index in [4.69, 9.17) is 0 Å². The van der Waals surface area contributed by atoms with E-state index in [1.54, 1.807) is 14.2 Å². The predicted molar refractivity (Wildman–Crippen MR) is 89.7 cm³/mol. The molecule has 0 saturated carbocycles.